The maximum atomic E-state index is 5.77. The monoisotopic (exact) mass is 222 g/mol. The van der Waals surface area contributed by atoms with E-state index in [0.717, 1.165) is 31.9 Å². The van der Waals surface area contributed by atoms with Crippen LogP contribution in [-0.2, 0) is 4.74 Å². The largest absolute Gasteiger partial charge is 0.379 e. The van der Waals surface area contributed by atoms with Gasteiger partial charge < -0.3 is 10.5 Å². The van der Waals surface area contributed by atoms with Crippen LogP contribution in [0.5, 0.6) is 0 Å². The van der Waals surface area contributed by atoms with Gasteiger partial charge in [-0.05, 0) is 11.6 Å². The zero-order valence-electron chi connectivity index (χ0n) is 9.30. The third-order valence-corrected chi connectivity index (χ3v) is 2.67. The molecule has 1 atom stereocenters. The third-order valence-electron chi connectivity index (χ3n) is 2.67. The van der Waals surface area contributed by atoms with Gasteiger partial charge in [0.15, 0.2) is 0 Å². The molecule has 1 unspecified atom stereocenters. The molecule has 0 spiro atoms. The zero-order chi connectivity index (χ0) is 11.2. The summed E-state index contributed by atoms with van der Waals surface area (Å²) in [5, 5.41) is 2.16. The van der Waals surface area contributed by atoms with Crippen molar-refractivity contribution in [1.29, 1.82) is 0 Å². The maximum Gasteiger partial charge on any atom is 0.0608 e. The van der Waals surface area contributed by atoms with Crippen molar-refractivity contribution in [2.24, 2.45) is 5.73 Å². The molecule has 0 radical (unpaired) electrons. The van der Waals surface area contributed by atoms with Crippen molar-refractivity contribution in [2.45, 2.75) is 6.04 Å². The van der Waals surface area contributed by atoms with E-state index in [1.54, 1.807) is 6.20 Å². The molecule has 1 aromatic rings. The van der Waals surface area contributed by atoms with Crippen molar-refractivity contribution >= 4 is 0 Å². The second-order valence-corrected chi connectivity index (χ2v) is 3.80. The summed E-state index contributed by atoms with van der Waals surface area (Å²) in [6.07, 6.45) is 3.62. The van der Waals surface area contributed by atoms with Crippen molar-refractivity contribution in [3.8, 4) is 0 Å². The Kier molecular flexibility index (Phi) is 4.24. The molecule has 1 aromatic heterocycles. The average molecular weight is 222 g/mol. The van der Waals surface area contributed by atoms with E-state index in [2.05, 4.69) is 15.4 Å². The summed E-state index contributed by atoms with van der Waals surface area (Å²) < 4.78 is 5.30. The van der Waals surface area contributed by atoms with Gasteiger partial charge in [0, 0.05) is 32.0 Å². The lowest BCUT2D eigenvalue weighted by atomic mass is 10.1. The highest BCUT2D eigenvalue weighted by atomic mass is 16.5. The first-order chi connectivity index (χ1) is 7.90. The number of aromatic nitrogens is 1. The van der Waals surface area contributed by atoms with Gasteiger partial charge in [0.1, 0.15) is 0 Å². The van der Waals surface area contributed by atoms with Crippen molar-refractivity contribution in [2.75, 3.05) is 32.8 Å². The minimum atomic E-state index is 0.131. The van der Waals surface area contributed by atoms with E-state index < -0.39 is 0 Å². The number of nitrogens with zero attached hydrogens (tertiary/aromatic N) is 2. The molecule has 0 aromatic carbocycles. The summed E-state index contributed by atoms with van der Waals surface area (Å²) in [6, 6.07) is 4.10. The predicted octanol–water partition coefficient (Wildman–Crippen LogP) is -0.0818. The van der Waals surface area contributed by atoms with Gasteiger partial charge in [-0.15, -0.1) is 0 Å². The number of rotatable bonds is 4. The number of morpholine rings is 1. The number of hydrazine groups is 1. The van der Waals surface area contributed by atoms with Gasteiger partial charge >= 0.3 is 0 Å². The Hall–Kier alpha value is -1.01. The fourth-order valence-electron chi connectivity index (χ4n) is 1.76. The van der Waals surface area contributed by atoms with Crippen LogP contribution in [0.2, 0.25) is 0 Å². The van der Waals surface area contributed by atoms with E-state index in [9.17, 15) is 0 Å². The van der Waals surface area contributed by atoms with E-state index in [-0.39, 0.29) is 6.04 Å². The molecule has 0 amide bonds. The summed E-state index contributed by atoms with van der Waals surface area (Å²) in [4.78, 5) is 4.11. The van der Waals surface area contributed by atoms with E-state index in [1.807, 2.05) is 18.3 Å². The second-order valence-electron chi connectivity index (χ2n) is 3.80. The van der Waals surface area contributed by atoms with Crippen LogP contribution in [0.4, 0.5) is 0 Å². The van der Waals surface area contributed by atoms with Gasteiger partial charge in [-0.2, -0.15) is 0 Å². The Balaban J connectivity index is 1.94. The summed E-state index contributed by atoms with van der Waals surface area (Å²) >= 11 is 0. The summed E-state index contributed by atoms with van der Waals surface area (Å²) in [5.41, 5.74) is 10.3. The molecular weight excluding hydrogens is 204 g/mol. The zero-order valence-corrected chi connectivity index (χ0v) is 9.30. The van der Waals surface area contributed by atoms with Crippen LogP contribution in [0, 0.1) is 0 Å². The SMILES string of the molecule is NCC(NN1CCOCC1)c1cccnc1. The van der Waals surface area contributed by atoms with E-state index in [0.29, 0.717) is 6.54 Å². The Morgan fingerprint density at radius 1 is 1.50 bits per heavy atom. The van der Waals surface area contributed by atoms with E-state index in [1.165, 1.54) is 0 Å². The quantitative estimate of drug-likeness (QED) is 0.746. The average Bonchev–Trinajstić information content (AvgIpc) is 2.38. The van der Waals surface area contributed by atoms with E-state index >= 15 is 0 Å². The fourth-order valence-corrected chi connectivity index (χ4v) is 1.76. The molecule has 5 heteroatoms. The molecule has 1 aliphatic heterocycles. The lowest BCUT2D eigenvalue weighted by Crippen LogP contribution is -2.48. The van der Waals surface area contributed by atoms with Crippen molar-refractivity contribution in [1.82, 2.24) is 15.4 Å². The number of ether oxygens (including phenoxy) is 1. The fraction of sp³-hybridized carbons (Fsp3) is 0.545. The second kappa shape index (κ2) is 5.91. The molecule has 1 aliphatic rings. The van der Waals surface area contributed by atoms with Gasteiger partial charge in [0.2, 0.25) is 0 Å². The van der Waals surface area contributed by atoms with Gasteiger partial charge in [0.25, 0.3) is 0 Å². The van der Waals surface area contributed by atoms with Crippen molar-refractivity contribution < 1.29 is 4.74 Å². The number of nitrogens with one attached hydrogen (secondary N) is 1. The maximum absolute atomic E-state index is 5.77. The van der Waals surface area contributed by atoms with Crippen LogP contribution in [0.1, 0.15) is 11.6 Å². The first kappa shape index (κ1) is 11.5. The highest BCUT2D eigenvalue weighted by Gasteiger charge is 2.16. The molecule has 16 heavy (non-hydrogen) atoms. The molecule has 5 nitrogen and oxygen atoms in total. The first-order valence-electron chi connectivity index (χ1n) is 5.59. The van der Waals surface area contributed by atoms with Crippen molar-refractivity contribution in [3.63, 3.8) is 0 Å². The normalized spacial score (nSPS) is 19.6. The van der Waals surface area contributed by atoms with Crippen LogP contribution < -0.4 is 11.2 Å². The lowest BCUT2D eigenvalue weighted by Gasteiger charge is -2.31. The standard InChI is InChI=1S/C11H18N4O/c12-8-11(10-2-1-3-13-9-10)14-15-4-6-16-7-5-15/h1-3,9,11,14H,4-8,12H2. The molecule has 0 bridgehead atoms. The summed E-state index contributed by atoms with van der Waals surface area (Å²) in [5.74, 6) is 0. The van der Waals surface area contributed by atoms with E-state index in [4.69, 9.17) is 10.5 Å². The number of hydrogen-bond donors (Lipinski definition) is 2. The molecule has 88 valence electrons. The molecule has 2 rings (SSSR count). The molecular formula is C11H18N4O. The molecule has 0 aliphatic carbocycles. The van der Waals surface area contributed by atoms with Crippen LogP contribution in [0.15, 0.2) is 24.5 Å². The molecule has 0 saturated carbocycles. The number of pyridine rings is 1. The molecule has 2 heterocycles. The molecule has 1 saturated heterocycles. The Morgan fingerprint density at radius 3 is 2.94 bits per heavy atom. The predicted molar refractivity (Wildman–Crippen MR) is 61.6 cm³/mol. The van der Waals surface area contributed by atoms with Crippen LogP contribution in [0.3, 0.4) is 0 Å². The topological polar surface area (TPSA) is 63.4 Å². The number of hydrogen-bond acceptors (Lipinski definition) is 5. The summed E-state index contributed by atoms with van der Waals surface area (Å²) in [7, 11) is 0. The third kappa shape index (κ3) is 2.99. The van der Waals surface area contributed by atoms with Gasteiger partial charge in [-0.3, -0.25) is 4.98 Å². The Bertz CT molecular complexity index is 300. The minimum Gasteiger partial charge on any atom is -0.379 e. The molecule has 1 fully saturated rings. The van der Waals surface area contributed by atoms with Crippen molar-refractivity contribution in [3.05, 3.63) is 30.1 Å². The Labute approximate surface area is 95.6 Å². The van der Waals surface area contributed by atoms with Crippen LogP contribution >= 0.6 is 0 Å². The van der Waals surface area contributed by atoms with Crippen LogP contribution in [-0.4, -0.2) is 42.8 Å². The highest BCUT2D eigenvalue weighted by molar-refractivity contribution is 5.13. The van der Waals surface area contributed by atoms with Gasteiger partial charge in [-0.1, -0.05) is 6.07 Å². The van der Waals surface area contributed by atoms with Gasteiger partial charge in [0.05, 0.1) is 19.3 Å². The van der Waals surface area contributed by atoms with Gasteiger partial charge in [-0.25, -0.2) is 10.4 Å². The Morgan fingerprint density at radius 2 is 2.31 bits per heavy atom. The number of nitrogens with two attached hydrogens (primary N) is 1. The summed E-state index contributed by atoms with van der Waals surface area (Å²) in [6.45, 7) is 3.91. The minimum absolute atomic E-state index is 0.131. The highest BCUT2D eigenvalue weighted by Crippen LogP contribution is 2.10. The molecule has 3 N–H and O–H groups in total. The smallest absolute Gasteiger partial charge is 0.0608 e. The van der Waals surface area contributed by atoms with Crippen LogP contribution in [0.25, 0.3) is 0 Å². The lowest BCUT2D eigenvalue weighted by molar-refractivity contribution is 0.00402. The first-order valence-corrected chi connectivity index (χ1v) is 5.59.